The molecule has 0 aliphatic rings. The first kappa shape index (κ1) is 9.71. The van der Waals surface area contributed by atoms with Crippen molar-refractivity contribution in [2.24, 2.45) is 0 Å². The van der Waals surface area contributed by atoms with Crippen LogP contribution in [0.15, 0.2) is 28.9 Å². The summed E-state index contributed by atoms with van der Waals surface area (Å²) in [4.78, 5) is 0. The first-order valence-electron chi connectivity index (χ1n) is 4.73. The lowest BCUT2D eigenvalue weighted by Crippen LogP contribution is -1.97. The summed E-state index contributed by atoms with van der Waals surface area (Å²) in [5.74, 6) is 0.822. The predicted octanol–water partition coefficient (Wildman–Crippen LogP) is 2.27. The maximum Gasteiger partial charge on any atom is 0.145 e. The van der Waals surface area contributed by atoms with Crippen molar-refractivity contribution in [3.05, 3.63) is 41.2 Å². The molecule has 0 radical (unpaired) electrons. The van der Waals surface area contributed by atoms with Crippen LogP contribution in [0, 0.1) is 13.8 Å². The van der Waals surface area contributed by atoms with Gasteiger partial charge < -0.3 is 4.74 Å². The summed E-state index contributed by atoms with van der Waals surface area (Å²) < 4.78 is 10.1. The minimum Gasteiger partial charge on any atom is -0.487 e. The first-order valence-corrected chi connectivity index (χ1v) is 4.73. The zero-order chi connectivity index (χ0) is 10.7. The van der Waals surface area contributed by atoms with Crippen LogP contribution in [0.1, 0.15) is 17.0 Å². The Kier molecular flexibility index (Phi) is 2.67. The molecule has 0 N–H and O–H groups in total. The fourth-order valence-electron chi connectivity index (χ4n) is 1.17. The Hall–Kier alpha value is -1.84. The van der Waals surface area contributed by atoms with Gasteiger partial charge in [-0.15, -0.1) is 0 Å². The van der Waals surface area contributed by atoms with Crippen molar-refractivity contribution < 1.29 is 9.37 Å². The van der Waals surface area contributed by atoms with Gasteiger partial charge in [0.2, 0.25) is 0 Å². The Balaban J connectivity index is 1.99. The van der Waals surface area contributed by atoms with E-state index in [0.29, 0.717) is 6.61 Å². The molecule has 0 aliphatic carbocycles. The molecule has 2 rings (SSSR count). The van der Waals surface area contributed by atoms with Crippen LogP contribution in [0.2, 0.25) is 0 Å². The van der Waals surface area contributed by atoms with Crippen molar-refractivity contribution in [1.82, 2.24) is 10.3 Å². The number of nitrogens with zero attached hydrogens (tertiary/aromatic N) is 2. The predicted molar refractivity (Wildman–Crippen MR) is 54.5 cm³/mol. The molecule has 0 unspecified atom stereocenters. The summed E-state index contributed by atoms with van der Waals surface area (Å²) in [7, 11) is 0. The average Bonchev–Trinajstić information content (AvgIpc) is 2.63. The molecule has 1 aromatic carbocycles. The van der Waals surface area contributed by atoms with Crippen LogP contribution >= 0.6 is 0 Å². The summed E-state index contributed by atoms with van der Waals surface area (Å²) in [6.07, 6.45) is 0. The second-order valence-corrected chi connectivity index (χ2v) is 3.40. The van der Waals surface area contributed by atoms with Gasteiger partial charge in [-0.05, 0) is 26.0 Å². The summed E-state index contributed by atoms with van der Waals surface area (Å²) in [6.45, 7) is 4.26. The van der Waals surface area contributed by atoms with Crippen LogP contribution in [-0.4, -0.2) is 10.3 Å². The molecule has 0 saturated carbocycles. The zero-order valence-electron chi connectivity index (χ0n) is 8.73. The van der Waals surface area contributed by atoms with E-state index in [1.165, 1.54) is 5.56 Å². The van der Waals surface area contributed by atoms with Crippen LogP contribution < -0.4 is 4.74 Å². The molecule has 15 heavy (non-hydrogen) atoms. The van der Waals surface area contributed by atoms with E-state index < -0.39 is 0 Å². The Morgan fingerprint density at radius 2 is 1.87 bits per heavy atom. The molecule has 0 spiro atoms. The van der Waals surface area contributed by atoms with E-state index in [4.69, 9.17) is 4.74 Å². The number of ether oxygens (including phenoxy) is 1. The second kappa shape index (κ2) is 4.13. The van der Waals surface area contributed by atoms with Crippen molar-refractivity contribution in [2.75, 3.05) is 0 Å². The van der Waals surface area contributed by atoms with Gasteiger partial charge >= 0.3 is 0 Å². The van der Waals surface area contributed by atoms with Gasteiger partial charge in [0.25, 0.3) is 0 Å². The van der Waals surface area contributed by atoms with E-state index in [-0.39, 0.29) is 0 Å². The lowest BCUT2D eigenvalue weighted by atomic mass is 10.2. The first-order chi connectivity index (χ1) is 7.25. The third-order valence-electron chi connectivity index (χ3n) is 2.14. The van der Waals surface area contributed by atoms with Crippen LogP contribution in [0.25, 0.3) is 0 Å². The maximum absolute atomic E-state index is 5.52. The number of hydrogen-bond donors (Lipinski definition) is 0. The molecule has 0 fully saturated rings. The highest BCUT2D eigenvalue weighted by Crippen LogP contribution is 2.13. The van der Waals surface area contributed by atoms with Crippen LogP contribution in [-0.2, 0) is 6.61 Å². The molecule has 0 atom stereocenters. The quantitative estimate of drug-likeness (QED) is 0.769. The Bertz CT molecular complexity index is 434. The number of rotatable bonds is 3. The molecule has 0 saturated heterocycles. The topological polar surface area (TPSA) is 48.2 Å². The number of hydrogen-bond acceptors (Lipinski definition) is 4. The lowest BCUT2D eigenvalue weighted by Gasteiger charge is -2.03. The summed E-state index contributed by atoms with van der Waals surface area (Å²) in [5, 5.41) is 7.41. The highest BCUT2D eigenvalue weighted by atomic mass is 16.6. The van der Waals surface area contributed by atoms with E-state index in [1.54, 1.807) is 0 Å². The fraction of sp³-hybridized carbons (Fsp3) is 0.273. The van der Waals surface area contributed by atoms with Crippen molar-refractivity contribution >= 4 is 0 Å². The SMILES string of the molecule is Cc1ccc(OCc2nonc2C)cc1. The molecule has 4 heteroatoms. The van der Waals surface area contributed by atoms with Crippen LogP contribution in [0.4, 0.5) is 0 Å². The van der Waals surface area contributed by atoms with Crippen molar-refractivity contribution in [2.45, 2.75) is 20.5 Å². The van der Waals surface area contributed by atoms with Crippen molar-refractivity contribution in [1.29, 1.82) is 0 Å². The molecule has 1 aromatic heterocycles. The Labute approximate surface area is 87.8 Å². The molecular weight excluding hydrogens is 192 g/mol. The zero-order valence-corrected chi connectivity index (χ0v) is 8.73. The number of benzene rings is 1. The highest BCUT2D eigenvalue weighted by molar-refractivity contribution is 5.26. The number of aromatic nitrogens is 2. The van der Waals surface area contributed by atoms with E-state index in [9.17, 15) is 0 Å². The molecule has 4 nitrogen and oxygen atoms in total. The van der Waals surface area contributed by atoms with E-state index in [0.717, 1.165) is 17.1 Å². The molecule has 1 heterocycles. The standard InChI is InChI=1S/C11H12N2O2/c1-8-3-5-10(6-4-8)14-7-11-9(2)12-15-13-11/h3-6H,7H2,1-2H3. The molecule has 0 amide bonds. The highest BCUT2D eigenvalue weighted by Gasteiger charge is 2.05. The van der Waals surface area contributed by atoms with Gasteiger partial charge in [-0.1, -0.05) is 28.0 Å². The van der Waals surface area contributed by atoms with Crippen LogP contribution in [0.5, 0.6) is 5.75 Å². The van der Waals surface area contributed by atoms with Crippen molar-refractivity contribution in [3.63, 3.8) is 0 Å². The van der Waals surface area contributed by atoms with E-state index in [2.05, 4.69) is 14.9 Å². The molecule has 78 valence electrons. The van der Waals surface area contributed by atoms with Gasteiger partial charge in [-0.2, -0.15) is 0 Å². The summed E-state index contributed by atoms with van der Waals surface area (Å²) in [6, 6.07) is 7.86. The minimum atomic E-state index is 0.387. The van der Waals surface area contributed by atoms with Gasteiger partial charge in [-0.3, -0.25) is 0 Å². The third kappa shape index (κ3) is 2.34. The third-order valence-corrected chi connectivity index (χ3v) is 2.14. The van der Waals surface area contributed by atoms with Gasteiger partial charge in [0.1, 0.15) is 23.7 Å². The van der Waals surface area contributed by atoms with Gasteiger partial charge in [0.15, 0.2) is 0 Å². The Morgan fingerprint density at radius 3 is 2.47 bits per heavy atom. The largest absolute Gasteiger partial charge is 0.487 e. The normalized spacial score (nSPS) is 10.3. The summed E-state index contributed by atoms with van der Waals surface area (Å²) >= 11 is 0. The lowest BCUT2D eigenvalue weighted by molar-refractivity contribution is 0.270. The fourth-order valence-corrected chi connectivity index (χ4v) is 1.17. The van der Waals surface area contributed by atoms with E-state index >= 15 is 0 Å². The summed E-state index contributed by atoms with van der Waals surface area (Å²) in [5.41, 5.74) is 2.71. The second-order valence-electron chi connectivity index (χ2n) is 3.40. The Morgan fingerprint density at radius 1 is 1.13 bits per heavy atom. The molecule has 0 aliphatic heterocycles. The molecular formula is C11H12N2O2. The van der Waals surface area contributed by atoms with Gasteiger partial charge in [-0.25, -0.2) is 4.63 Å². The number of aryl methyl sites for hydroxylation is 2. The van der Waals surface area contributed by atoms with Crippen LogP contribution in [0.3, 0.4) is 0 Å². The van der Waals surface area contributed by atoms with Gasteiger partial charge in [0.05, 0.1) is 0 Å². The molecule has 0 bridgehead atoms. The average molecular weight is 204 g/mol. The molecule has 2 aromatic rings. The van der Waals surface area contributed by atoms with Gasteiger partial charge in [0, 0.05) is 0 Å². The maximum atomic E-state index is 5.52. The smallest absolute Gasteiger partial charge is 0.145 e. The van der Waals surface area contributed by atoms with Crippen molar-refractivity contribution in [3.8, 4) is 5.75 Å². The van der Waals surface area contributed by atoms with E-state index in [1.807, 2.05) is 38.1 Å². The minimum absolute atomic E-state index is 0.387. The monoisotopic (exact) mass is 204 g/mol.